The highest BCUT2D eigenvalue weighted by Crippen LogP contribution is 2.39. The third kappa shape index (κ3) is 6.05. The maximum Gasteiger partial charge on any atom is 0.103 e. The van der Waals surface area contributed by atoms with Crippen molar-refractivity contribution in [3.05, 3.63) is 108 Å². The first-order chi connectivity index (χ1) is 17.7. The molecule has 2 aliphatic rings. The summed E-state index contributed by atoms with van der Waals surface area (Å²) in [7, 11) is 0. The van der Waals surface area contributed by atoms with Crippen molar-refractivity contribution >= 4 is 0 Å². The Labute approximate surface area is 214 Å². The Morgan fingerprint density at radius 3 is 1.75 bits per heavy atom. The van der Waals surface area contributed by atoms with Crippen molar-refractivity contribution in [2.75, 3.05) is 6.61 Å². The SMILES string of the molecule is C[C@H]1C[C@H](O)C[C@@H]2[C@@H](OCc3ccccc3)[C@H](OCc3ccccc3)[C@@H](COCc3ccccc3)N21. The van der Waals surface area contributed by atoms with E-state index in [9.17, 15) is 5.11 Å². The lowest BCUT2D eigenvalue weighted by Gasteiger charge is -2.42. The Bertz CT molecular complexity index is 1050. The maximum atomic E-state index is 10.7. The van der Waals surface area contributed by atoms with E-state index in [0.717, 1.165) is 23.1 Å². The predicted octanol–water partition coefficient (Wildman–Crippen LogP) is 4.97. The van der Waals surface area contributed by atoms with Gasteiger partial charge in [-0.2, -0.15) is 0 Å². The zero-order valence-electron chi connectivity index (χ0n) is 21.0. The topological polar surface area (TPSA) is 51.2 Å². The zero-order chi connectivity index (χ0) is 24.7. The molecule has 2 saturated heterocycles. The van der Waals surface area contributed by atoms with Crippen LogP contribution in [0.4, 0.5) is 0 Å². The van der Waals surface area contributed by atoms with Crippen LogP contribution in [0.15, 0.2) is 91.0 Å². The van der Waals surface area contributed by atoms with Gasteiger partial charge in [0.1, 0.15) is 12.2 Å². The summed E-state index contributed by atoms with van der Waals surface area (Å²) in [5.74, 6) is 0. The minimum Gasteiger partial charge on any atom is -0.393 e. The highest BCUT2D eigenvalue weighted by atomic mass is 16.5. The van der Waals surface area contributed by atoms with Crippen LogP contribution in [-0.4, -0.2) is 53.1 Å². The van der Waals surface area contributed by atoms with E-state index in [1.165, 1.54) is 0 Å². The summed E-state index contributed by atoms with van der Waals surface area (Å²) in [5.41, 5.74) is 3.44. The fourth-order valence-corrected chi connectivity index (χ4v) is 5.82. The number of fused-ring (bicyclic) bond motifs is 1. The first kappa shape index (κ1) is 25.1. The van der Waals surface area contributed by atoms with Crippen molar-refractivity contribution in [2.45, 2.75) is 76.0 Å². The van der Waals surface area contributed by atoms with Gasteiger partial charge in [-0.1, -0.05) is 91.0 Å². The predicted molar refractivity (Wildman–Crippen MR) is 140 cm³/mol. The van der Waals surface area contributed by atoms with E-state index in [4.69, 9.17) is 14.2 Å². The normalized spacial score (nSPS) is 28.2. The van der Waals surface area contributed by atoms with Crippen LogP contribution in [0.1, 0.15) is 36.5 Å². The molecule has 0 radical (unpaired) electrons. The van der Waals surface area contributed by atoms with Crippen molar-refractivity contribution in [2.24, 2.45) is 0 Å². The quantitative estimate of drug-likeness (QED) is 0.438. The molecule has 3 aromatic carbocycles. The van der Waals surface area contributed by atoms with Gasteiger partial charge in [-0.3, -0.25) is 4.90 Å². The lowest BCUT2D eigenvalue weighted by atomic mass is 9.93. The summed E-state index contributed by atoms with van der Waals surface area (Å²) in [6.45, 7) is 4.35. The fourth-order valence-electron chi connectivity index (χ4n) is 5.82. The van der Waals surface area contributed by atoms with Crippen molar-refractivity contribution in [3.63, 3.8) is 0 Å². The second kappa shape index (κ2) is 12.1. The molecular formula is C31H37NO4. The van der Waals surface area contributed by atoms with Gasteiger partial charge in [0.05, 0.1) is 38.6 Å². The minimum atomic E-state index is -0.331. The average molecular weight is 488 g/mol. The molecule has 1 N–H and O–H groups in total. The number of rotatable bonds is 10. The lowest BCUT2D eigenvalue weighted by molar-refractivity contribution is -0.0881. The molecular weight excluding hydrogens is 450 g/mol. The Kier molecular flexibility index (Phi) is 8.47. The van der Waals surface area contributed by atoms with E-state index >= 15 is 0 Å². The van der Waals surface area contributed by atoms with Crippen LogP contribution in [0.3, 0.4) is 0 Å². The molecule has 0 spiro atoms. The number of nitrogens with zero attached hydrogens (tertiary/aromatic N) is 1. The maximum absolute atomic E-state index is 10.7. The molecule has 190 valence electrons. The molecule has 0 bridgehead atoms. The summed E-state index contributed by atoms with van der Waals surface area (Å²) in [4.78, 5) is 2.50. The Morgan fingerprint density at radius 2 is 1.19 bits per heavy atom. The Morgan fingerprint density at radius 1 is 0.694 bits per heavy atom. The monoisotopic (exact) mass is 487 g/mol. The zero-order valence-corrected chi connectivity index (χ0v) is 21.0. The summed E-state index contributed by atoms with van der Waals surface area (Å²) >= 11 is 0. The Balaban J connectivity index is 1.37. The van der Waals surface area contributed by atoms with Crippen LogP contribution in [-0.2, 0) is 34.0 Å². The van der Waals surface area contributed by atoms with Crippen LogP contribution < -0.4 is 0 Å². The molecule has 0 aliphatic carbocycles. The molecule has 2 fully saturated rings. The molecule has 2 aliphatic heterocycles. The van der Waals surface area contributed by atoms with Crippen LogP contribution in [0.2, 0.25) is 0 Å². The van der Waals surface area contributed by atoms with Crippen LogP contribution in [0.25, 0.3) is 0 Å². The Hall–Kier alpha value is -2.54. The van der Waals surface area contributed by atoms with Crippen molar-refractivity contribution < 1.29 is 19.3 Å². The van der Waals surface area contributed by atoms with Gasteiger partial charge in [-0.25, -0.2) is 0 Å². The molecule has 0 saturated carbocycles. The highest BCUT2D eigenvalue weighted by molar-refractivity contribution is 5.16. The average Bonchev–Trinajstić information content (AvgIpc) is 3.20. The summed E-state index contributed by atoms with van der Waals surface area (Å²) < 4.78 is 19.6. The highest BCUT2D eigenvalue weighted by Gasteiger charge is 2.54. The van der Waals surface area contributed by atoms with Crippen molar-refractivity contribution in [1.82, 2.24) is 4.90 Å². The first-order valence-corrected chi connectivity index (χ1v) is 13.1. The molecule has 0 aromatic heterocycles. The van der Waals surface area contributed by atoms with Gasteiger partial charge in [0.15, 0.2) is 0 Å². The molecule has 6 atom stereocenters. The summed E-state index contributed by atoms with van der Waals surface area (Å²) in [6, 6.07) is 31.2. The molecule has 5 rings (SSSR count). The van der Waals surface area contributed by atoms with E-state index in [1.54, 1.807) is 0 Å². The number of ether oxygens (including phenoxy) is 3. The third-order valence-corrected chi connectivity index (χ3v) is 7.45. The number of aliphatic hydroxyl groups is 1. The smallest absolute Gasteiger partial charge is 0.103 e. The van der Waals surface area contributed by atoms with Gasteiger partial charge in [0.2, 0.25) is 0 Å². The second-order valence-corrected chi connectivity index (χ2v) is 10.1. The summed E-state index contributed by atoms with van der Waals surface area (Å²) in [6.07, 6.45) is 0.786. The van der Waals surface area contributed by atoms with Crippen molar-refractivity contribution in [1.29, 1.82) is 0 Å². The first-order valence-electron chi connectivity index (χ1n) is 13.1. The van der Waals surface area contributed by atoms with E-state index in [-0.39, 0.29) is 36.4 Å². The van der Waals surface area contributed by atoms with Gasteiger partial charge < -0.3 is 19.3 Å². The number of piperidine rings is 1. The van der Waals surface area contributed by atoms with Gasteiger partial charge in [-0.05, 0) is 36.5 Å². The number of aliphatic hydroxyl groups excluding tert-OH is 1. The van der Waals surface area contributed by atoms with Crippen molar-refractivity contribution in [3.8, 4) is 0 Å². The van der Waals surface area contributed by atoms with E-state index in [2.05, 4.69) is 48.2 Å². The lowest BCUT2D eigenvalue weighted by Crippen LogP contribution is -2.53. The van der Waals surface area contributed by atoms with Crippen LogP contribution in [0.5, 0.6) is 0 Å². The largest absolute Gasteiger partial charge is 0.393 e. The van der Waals surface area contributed by atoms with E-state index < -0.39 is 0 Å². The molecule has 5 heteroatoms. The molecule has 2 heterocycles. The summed E-state index contributed by atoms with van der Waals surface area (Å²) in [5, 5.41) is 10.7. The van der Waals surface area contributed by atoms with Crippen LogP contribution in [0, 0.1) is 0 Å². The third-order valence-electron chi connectivity index (χ3n) is 7.45. The standard InChI is InChI=1S/C31H37NO4/c1-23-17-27(33)18-28-30(35-20-25-13-7-3-8-14-25)31(36-21-26-15-9-4-10-16-26)29(32(23)28)22-34-19-24-11-5-2-6-12-24/h2-16,23,27-31,33H,17-22H2,1H3/t23-,27-,28+,29+,30+,31+/m0/s1. The molecule has 5 nitrogen and oxygen atoms in total. The fraction of sp³-hybridized carbons (Fsp3) is 0.419. The van der Waals surface area contributed by atoms with Gasteiger partial charge in [0.25, 0.3) is 0 Å². The second-order valence-electron chi connectivity index (χ2n) is 10.1. The molecule has 0 amide bonds. The molecule has 0 unspecified atom stereocenters. The van der Waals surface area contributed by atoms with Crippen LogP contribution >= 0.6 is 0 Å². The van der Waals surface area contributed by atoms with E-state index in [1.807, 2.05) is 54.6 Å². The number of hydrogen-bond acceptors (Lipinski definition) is 5. The molecule has 3 aromatic rings. The minimum absolute atomic E-state index is 0.0469. The van der Waals surface area contributed by atoms with Gasteiger partial charge >= 0.3 is 0 Å². The van der Waals surface area contributed by atoms with Gasteiger partial charge in [0, 0.05) is 12.1 Å². The molecule has 36 heavy (non-hydrogen) atoms. The van der Waals surface area contributed by atoms with Gasteiger partial charge in [-0.15, -0.1) is 0 Å². The number of benzene rings is 3. The van der Waals surface area contributed by atoms with E-state index in [0.29, 0.717) is 32.8 Å². The number of hydrogen-bond donors (Lipinski definition) is 1.